The number of benzene rings is 1. The molecule has 0 amide bonds. The smallest absolute Gasteiger partial charge is 0.233 e. The summed E-state index contributed by atoms with van der Waals surface area (Å²) in [5.74, 6) is 2.86. The molecule has 1 saturated heterocycles. The van der Waals surface area contributed by atoms with Gasteiger partial charge >= 0.3 is 0 Å². The van der Waals surface area contributed by atoms with Gasteiger partial charge in [0.25, 0.3) is 0 Å². The standard InChI is InChI=1S/C15H16N2O2S/c1-2-4-12-10(3-1)6-8-20-13(12)15-17-16-14(19-15)11-5-7-18-9-11/h1-4,11,13H,5-9H2. The topological polar surface area (TPSA) is 48.2 Å². The number of hydrogen-bond donors (Lipinski definition) is 0. The van der Waals surface area contributed by atoms with Crippen LogP contribution in [-0.2, 0) is 11.2 Å². The van der Waals surface area contributed by atoms with E-state index in [4.69, 9.17) is 9.15 Å². The molecular formula is C15H16N2O2S. The van der Waals surface area contributed by atoms with E-state index in [9.17, 15) is 0 Å². The van der Waals surface area contributed by atoms with E-state index in [-0.39, 0.29) is 11.2 Å². The highest BCUT2D eigenvalue weighted by Crippen LogP contribution is 2.41. The fourth-order valence-electron chi connectivity index (χ4n) is 2.85. The largest absolute Gasteiger partial charge is 0.423 e. The maximum absolute atomic E-state index is 5.94. The second-order valence-electron chi connectivity index (χ2n) is 5.24. The molecule has 0 spiro atoms. The number of aryl methyl sites for hydroxylation is 1. The second-order valence-corrected chi connectivity index (χ2v) is 6.45. The van der Waals surface area contributed by atoms with Crippen LogP contribution in [0.5, 0.6) is 0 Å². The Morgan fingerprint density at radius 3 is 2.95 bits per heavy atom. The Hall–Kier alpha value is -1.33. The van der Waals surface area contributed by atoms with Gasteiger partial charge in [-0.1, -0.05) is 24.3 Å². The summed E-state index contributed by atoms with van der Waals surface area (Å²) in [6, 6.07) is 8.56. The van der Waals surface area contributed by atoms with E-state index in [0.29, 0.717) is 6.61 Å². The average molecular weight is 288 g/mol. The summed E-state index contributed by atoms with van der Waals surface area (Å²) in [6.07, 6.45) is 2.10. The Kier molecular flexibility index (Phi) is 3.24. The summed E-state index contributed by atoms with van der Waals surface area (Å²) < 4.78 is 11.3. The fourth-order valence-corrected chi connectivity index (χ4v) is 4.07. The lowest BCUT2D eigenvalue weighted by molar-refractivity contribution is 0.190. The highest BCUT2D eigenvalue weighted by molar-refractivity contribution is 7.99. The van der Waals surface area contributed by atoms with Crippen LogP contribution in [0.2, 0.25) is 0 Å². The van der Waals surface area contributed by atoms with Gasteiger partial charge in [-0.05, 0) is 29.7 Å². The molecule has 2 aliphatic rings. The van der Waals surface area contributed by atoms with E-state index in [0.717, 1.165) is 37.0 Å². The molecule has 1 aromatic carbocycles. The van der Waals surface area contributed by atoms with Crippen LogP contribution in [0.4, 0.5) is 0 Å². The van der Waals surface area contributed by atoms with Crippen molar-refractivity contribution in [3.05, 3.63) is 47.2 Å². The molecule has 104 valence electrons. The number of fused-ring (bicyclic) bond motifs is 1. The summed E-state index contributed by atoms with van der Waals surface area (Å²) >= 11 is 1.89. The van der Waals surface area contributed by atoms with Gasteiger partial charge in [-0.2, -0.15) is 0 Å². The SMILES string of the molecule is c1ccc2c(c1)CCSC2c1nnc(C2CCOC2)o1. The molecule has 20 heavy (non-hydrogen) atoms. The van der Waals surface area contributed by atoms with E-state index in [1.54, 1.807) is 0 Å². The Morgan fingerprint density at radius 1 is 1.15 bits per heavy atom. The van der Waals surface area contributed by atoms with Crippen LogP contribution in [0.3, 0.4) is 0 Å². The van der Waals surface area contributed by atoms with Crippen molar-refractivity contribution in [1.29, 1.82) is 0 Å². The number of hydrogen-bond acceptors (Lipinski definition) is 5. The third-order valence-electron chi connectivity index (χ3n) is 3.95. The van der Waals surface area contributed by atoms with Gasteiger partial charge < -0.3 is 9.15 Å². The number of rotatable bonds is 2. The summed E-state index contributed by atoms with van der Waals surface area (Å²) in [7, 11) is 0. The fraction of sp³-hybridized carbons (Fsp3) is 0.467. The molecule has 4 nitrogen and oxygen atoms in total. The van der Waals surface area contributed by atoms with Gasteiger partial charge in [0.1, 0.15) is 5.25 Å². The molecule has 0 saturated carbocycles. The van der Waals surface area contributed by atoms with Crippen molar-refractivity contribution >= 4 is 11.8 Å². The molecule has 0 N–H and O–H groups in total. The van der Waals surface area contributed by atoms with Crippen LogP contribution in [0.25, 0.3) is 0 Å². The predicted octanol–water partition coefficient (Wildman–Crippen LogP) is 2.95. The van der Waals surface area contributed by atoms with Crippen molar-refractivity contribution in [2.75, 3.05) is 19.0 Å². The minimum Gasteiger partial charge on any atom is -0.423 e. The molecule has 3 heterocycles. The quantitative estimate of drug-likeness (QED) is 0.850. The average Bonchev–Trinajstić information content (AvgIpc) is 3.17. The first-order valence-electron chi connectivity index (χ1n) is 7.02. The molecule has 0 aliphatic carbocycles. The summed E-state index contributed by atoms with van der Waals surface area (Å²) in [5.41, 5.74) is 2.72. The van der Waals surface area contributed by atoms with Crippen LogP contribution in [0.1, 0.15) is 40.5 Å². The Labute approximate surface area is 121 Å². The lowest BCUT2D eigenvalue weighted by Crippen LogP contribution is -2.09. The van der Waals surface area contributed by atoms with Crippen LogP contribution in [0, 0.1) is 0 Å². The van der Waals surface area contributed by atoms with Crippen molar-refractivity contribution in [2.24, 2.45) is 0 Å². The number of thioether (sulfide) groups is 1. The molecule has 1 aromatic heterocycles. The molecule has 0 radical (unpaired) electrons. The molecule has 2 aromatic rings. The Balaban J connectivity index is 1.65. The first kappa shape index (κ1) is 12.4. The molecule has 2 atom stereocenters. The van der Waals surface area contributed by atoms with Gasteiger partial charge in [0.15, 0.2) is 0 Å². The zero-order valence-corrected chi connectivity index (χ0v) is 11.9. The number of aromatic nitrogens is 2. The second kappa shape index (κ2) is 5.22. The van der Waals surface area contributed by atoms with Crippen molar-refractivity contribution in [3.8, 4) is 0 Å². The summed E-state index contributed by atoms with van der Waals surface area (Å²) in [6.45, 7) is 1.50. The highest BCUT2D eigenvalue weighted by atomic mass is 32.2. The lowest BCUT2D eigenvalue weighted by Gasteiger charge is -2.22. The number of nitrogens with zero attached hydrogens (tertiary/aromatic N) is 2. The third kappa shape index (κ3) is 2.15. The van der Waals surface area contributed by atoms with Crippen molar-refractivity contribution < 1.29 is 9.15 Å². The van der Waals surface area contributed by atoms with E-state index in [2.05, 4.69) is 34.5 Å². The van der Waals surface area contributed by atoms with Gasteiger partial charge in [0, 0.05) is 6.61 Å². The number of ether oxygens (including phenoxy) is 1. The van der Waals surface area contributed by atoms with Gasteiger partial charge in [0.2, 0.25) is 11.8 Å². The van der Waals surface area contributed by atoms with E-state index in [1.807, 2.05) is 11.8 Å². The highest BCUT2D eigenvalue weighted by Gasteiger charge is 2.29. The monoisotopic (exact) mass is 288 g/mol. The zero-order valence-electron chi connectivity index (χ0n) is 11.1. The third-order valence-corrected chi connectivity index (χ3v) is 5.18. The van der Waals surface area contributed by atoms with Gasteiger partial charge in [0.05, 0.1) is 12.5 Å². The molecule has 2 aliphatic heterocycles. The van der Waals surface area contributed by atoms with E-state index < -0.39 is 0 Å². The van der Waals surface area contributed by atoms with Crippen LogP contribution in [-0.4, -0.2) is 29.2 Å². The van der Waals surface area contributed by atoms with Gasteiger partial charge in [-0.15, -0.1) is 22.0 Å². The Bertz CT molecular complexity index is 607. The molecule has 4 rings (SSSR count). The minimum absolute atomic E-state index is 0.184. The van der Waals surface area contributed by atoms with Crippen molar-refractivity contribution in [3.63, 3.8) is 0 Å². The van der Waals surface area contributed by atoms with Crippen molar-refractivity contribution in [1.82, 2.24) is 10.2 Å². The molecule has 1 fully saturated rings. The minimum atomic E-state index is 0.184. The zero-order chi connectivity index (χ0) is 13.4. The molecule has 0 bridgehead atoms. The molecule has 2 unspecified atom stereocenters. The van der Waals surface area contributed by atoms with Crippen LogP contribution < -0.4 is 0 Å². The maximum atomic E-state index is 5.94. The summed E-state index contributed by atoms with van der Waals surface area (Å²) in [4.78, 5) is 0. The maximum Gasteiger partial charge on any atom is 0.233 e. The Morgan fingerprint density at radius 2 is 2.05 bits per heavy atom. The molecule has 5 heteroatoms. The first-order valence-corrected chi connectivity index (χ1v) is 8.07. The normalized spacial score (nSPS) is 25.6. The van der Waals surface area contributed by atoms with E-state index >= 15 is 0 Å². The lowest BCUT2D eigenvalue weighted by atomic mass is 10.0. The first-order chi connectivity index (χ1) is 9.92. The molecular weight excluding hydrogens is 272 g/mol. The van der Waals surface area contributed by atoms with Gasteiger partial charge in [-0.25, -0.2) is 0 Å². The van der Waals surface area contributed by atoms with E-state index in [1.165, 1.54) is 11.1 Å². The predicted molar refractivity (Wildman–Crippen MR) is 76.9 cm³/mol. The van der Waals surface area contributed by atoms with Crippen LogP contribution in [0.15, 0.2) is 28.7 Å². The van der Waals surface area contributed by atoms with Gasteiger partial charge in [-0.3, -0.25) is 0 Å². The van der Waals surface area contributed by atoms with Crippen LogP contribution >= 0.6 is 11.8 Å². The summed E-state index contributed by atoms with van der Waals surface area (Å²) in [5, 5.41) is 8.71. The van der Waals surface area contributed by atoms with Crippen molar-refractivity contribution in [2.45, 2.75) is 24.0 Å².